The molecule has 0 radical (unpaired) electrons. The topological polar surface area (TPSA) is 38.5 Å². The molecule has 0 aromatic carbocycles. The summed E-state index contributed by atoms with van der Waals surface area (Å²) in [7, 11) is 0. The Hall–Kier alpha value is -0.120. The molecule has 0 spiro atoms. The van der Waals surface area contributed by atoms with E-state index in [9.17, 15) is 0 Å². The van der Waals surface area contributed by atoms with E-state index in [1.165, 1.54) is 57.9 Å². The van der Waals surface area contributed by atoms with Gasteiger partial charge in [0.05, 0.1) is 12.1 Å². The molecule has 3 fully saturated rings. The van der Waals surface area contributed by atoms with Crippen LogP contribution in [0.25, 0.3) is 0 Å². The minimum absolute atomic E-state index is 0.166. The van der Waals surface area contributed by atoms with Crippen molar-refractivity contribution in [3.8, 4) is 0 Å². The third kappa shape index (κ3) is 2.21. The number of fused-ring (bicyclic) bond motifs is 1. The van der Waals surface area contributed by atoms with Gasteiger partial charge in [-0.05, 0) is 51.0 Å². The van der Waals surface area contributed by atoms with Gasteiger partial charge in [0.25, 0.3) is 0 Å². The van der Waals surface area contributed by atoms with Crippen molar-refractivity contribution in [2.75, 3.05) is 26.3 Å². The third-order valence-electron chi connectivity index (χ3n) is 5.53. The van der Waals surface area contributed by atoms with Crippen molar-refractivity contribution in [3.63, 3.8) is 0 Å². The van der Waals surface area contributed by atoms with E-state index in [4.69, 9.17) is 10.5 Å². The van der Waals surface area contributed by atoms with Crippen LogP contribution in [0, 0.1) is 5.92 Å². The van der Waals surface area contributed by atoms with Crippen molar-refractivity contribution in [3.05, 3.63) is 0 Å². The van der Waals surface area contributed by atoms with Gasteiger partial charge >= 0.3 is 0 Å². The molecular formula is C15H28N2O. The Balaban J connectivity index is 1.79. The van der Waals surface area contributed by atoms with Gasteiger partial charge in [-0.3, -0.25) is 4.90 Å². The first kappa shape index (κ1) is 12.9. The molecule has 2 N–H and O–H groups in total. The minimum Gasteiger partial charge on any atom is -0.379 e. The van der Waals surface area contributed by atoms with Crippen LogP contribution in [0.4, 0.5) is 0 Å². The summed E-state index contributed by atoms with van der Waals surface area (Å²) in [5, 5.41) is 0. The van der Waals surface area contributed by atoms with Gasteiger partial charge in [-0.15, -0.1) is 0 Å². The molecular weight excluding hydrogens is 224 g/mol. The summed E-state index contributed by atoms with van der Waals surface area (Å²) >= 11 is 0. The molecule has 0 aromatic rings. The molecule has 3 aliphatic rings. The van der Waals surface area contributed by atoms with Gasteiger partial charge in [0.15, 0.2) is 0 Å². The molecule has 0 bridgehead atoms. The Morgan fingerprint density at radius 2 is 1.94 bits per heavy atom. The predicted molar refractivity (Wildman–Crippen MR) is 73.5 cm³/mol. The van der Waals surface area contributed by atoms with E-state index < -0.39 is 0 Å². The highest BCUT2D eigenvalue weighted by molar-refractivity contribution is 5.00. The van der Waals surface area contributed by atoms with Gasteiger partial charge < -0.3 is 10.5 Å². The molecule has 104 valence electrons. The molecule has 0 amide bonds. The van der Waals surface area contributed by atoms with Crippen LogP contribution in [0.5, 0.6) is 0 Å². The van der Waals surface area contributed by atoms with Crippen LogP contribution in [0.2, 0.25) is 0 Å². The fourth-order valence-corrected chi connectivity index (χ4v) is 4.56. The molecule has 1 aliphatic carbocycles. The SMILES string of the molecule is NCC1(N2CCC[C@H]3CCCC[C@H]32)CCCOC1. The Morgan fingerprint density at radius 3 is 2.72 bits per heavy atom. The lowest BCUT2D eigenvalue weighted by Crippen LogP contribution is -2.65. The minimum atomic E-state index is 0.166. The molecule has 3 heteroatoms. The molecule has 0 aromatic heterocycles. The van der Waals surface area contributed by atoms with Gasteiger partial charge in [-0.1, -0.05) is 12.8 Å². The zero-order valence-electron chi connectivity index (χ0n) is 11.6. The van der Waals surface area contributed by atoms with Crippen LogP contribution in [0.1, 0.15) is 51.4 Å². The van der Waals surface area contributed by atoms with Crippen molar-refractivity contribution >= 4 is 0 Å². The van der Waals surface area contributed by atoms with E-state index in [0.717, 1.165) is 31.7 Å². The molecule has 1 saturated carbocycles. The highest BCUT2D eigenvalue weighted by atomic mass is 16.5. The van der Waals surface area contributed by atoms with Gasteiger partial charge in [0.1, 0.15) is 0 Å². The second-order valence-electron chi connectivity index (χ2n) is 6.53. The number of nitrogens with two attached hydrogens (primary N) is 1. The number of hydrogen-bond donors (Lipinski definition) is 1. The van der Waals surface area contributed by atoms with Crippen molar-refractivity contribution in [2.24, 2.45) is 11.7 Å². The van der Waals surface area contributed by atoms with E-state index in [2.05, 4.69) is 4.90 Å². The zero-order valence-corrected chi connectivity index (χ0v) is 11.6. The van der Waals surface area contributed by atoms with E-state index in [-0.39, 0.29) is 5.54 Å². The van der Waals surface area contributed by atoms with Crippen LogP contribution in [0.3, 0.4) is 0 Å². The Bertz CT molecular complexity index is 274. The fraction of sp³-hybridized carbons (Fsp3) is 1.00. The average molecular weight is 252 g/mol. The van der Waals surface area contributed by atoms with Crippen LogP contribution in [-0.4, -0.2) is 42.8 Å². The molecule has 3 nitrogen and oxygen atoms in total. The lowest BCUT2D eigenvalue weighted by atomic mass is 9.75. The first-order valence-electron chi connectivity index (χ1n) is 7.90. The standard InChI is InChI=1S/C15H28N2O/c16-11-15(8-4-10-18-12-15)17-9-3-6-13-5-1-2-7-14(13)17/h13-14H,1-12,16H2/t13-,14-,15?/m1/s1. The van der Waals surface area contributed by atoms with Crippen molar-refractivity contribution < 1.29 is 4.74 Å². The monoisotopic (exact) mass is 252 g/mol. The quantitative estimate of drug-likeness (QED) is 0.818. The first-order valence-corrected chi connectivity index (χ1v) is 7.90. The first-order chi connectivity index (χ1) is 8.86. The average Bonchev–Trinajstić information content (AvgIpc) is 2.47. The van der Waals surface area contributed by atoms with E-state index in [1.807, 2.05) is 0 Å². The highest BCUT2D eigenvalue weighted by Crippen LogP contribution is 2.40. The lowest BCUT2D eigenvalue weighted by molar-refractivity contribution is -0.0937. The van der Waals surface area contributed by atoms with Crippen LogP contribution >= 0.6 is 0 Å². The summed E-state index contributed by atoms with van der Waals surface area (Å²) in [5.41, 5.74) is 6.33. The van der Waals surface area contributed by atoms with E-state index in [0.29, 0.717) is 0 Å². The highest BCUT2D eigenvalue weighted by Gasteiger charge is 2.45. The van der Waals surface area contributed by atoms with Gasteiger partial charge in [0, 0.05) is 19.2 Å². The second-order valence-corrected chi connectivity index (χ2v) is 6.53. The fourth-order valence-electron chi connectivity index (χ4n) is 4.56. The number of piperidine rings is 1. The zero-order chi connectivity index (χ0) is 12.4. The lowest BCUT2D eigenvalue weighted by Gasteiger charge is -2.54. The number of rotatable bonds is 2. The third-order valence-corrected chi connectivity index (χ3v) is 5.53. The summed E-state index contributed by atoms with van der Waals surface area (Å²) in [6, 6.07) is 0.803. The molecule has 2 aliphatic heterocycles. The van der Waals surface area contributed by atoms with Crippen molar-refractivity contribution in [2.45, 2.75) is 62.9 Å². The summed E-state index contributed by atoms with van der Waals surface area (Å²) in [6.45, 7) is 3.83. The Morgan fingerprint density at radius 1 is 1.11 bits per heavy atom. The second kappa shape index (κ2) is 5.48. The van der Waals surface area contributed by atoms with E-state index in [1.54, 1.807) is 0 Å². The van der Waals surface area contributed by atoms with Crippen molar-refractivity contribution in [1.29, 1.82) is 0 Å². The summed E-state index contributed by atoms with van der Waals surface area (Å²) in [6.07, 6.45) is 10.9. The molecule has 18 heavy (non-hydrogen) atoms. The summed E-state index contributed by atoms with van der Waals surface area (Å²) in [4.78, 5) is 2.78. The normalized spacial score (nSPS) is 42.5. The maximum absolute atomic E-state index is 6.17. The molecule has 3 rings (SSSR count). The van der Waals surface area contributed by atoms with Crippen LogP contribution in [0.15, 0.2) is 0 Å². The molecule has 2 heterocycles. The van der Waals surface area contributed by atoms with E-state index >= 15 is 0 Å². The number of hydrogen-bond acceptors (Lipinski definition) is 3. The number of ether oxygens (including phenoxy) is 1. The van der Waals surface area contributed by atoms with Crippen LogP contribution in [-0.2, 0) is 4.74 Å². The van der Waals surface area contributed by atoms with Gasteiger partial charge in [-0.2, -0.15) is 0 Å². The summed E-state index contributed by atoms with van der Waals surface area (Å²) in [5.74, 6) is 0.942. The molecule has 3 atom stereocenters. The molecule has 1 unspecified atom stereocenters. The summed E-state index contributed by atoms with van der Waals surface area (Å²) < 4.78 is 5.79. The maximum atomic E-state index is 6.17. The van der Waals surface area contributed by atoms with Crippen LogP contribution < -0.4 is 5.73 Å². The number of nitrogens with zero attached hydrogens (tertiary/aromatic N) is 1. The van der Waals surface area contributed by atoms with Crippen molar-refractivity contribution in [1.82, 2.24) is 4.90 Å². The predicted octanol–water partition coefficient (Wildman–Crippen LogP) is 2.15. The maximum Gasteiger partial charge on any atom is 0.0662 e. The van der Waals surface area contributed by atoms with Gasteiger partial charge in [-0.25, -0.2) is 0 Å². The Labute approximate surface area is 111 Å². The number of likely N-dealkylation sites (tertiary alicyclic amines) is 1. The Kier molecular flexibility index (Phi) is 3.92. The smallest absolute Gasteiger partial charge is 0.0662 e. The molecule has 2 saturated heterocycles. The van der Waals surface area contributed by atoms with Gasteiger partial charge in [0.2, 0.25) is 0 Å². The largest absolute Gasteiger partial charge is 0.379 e.